The van der Waals surface area contributed by atoms with Crippen molar-refractivity contribution in [2.24, 2.45) is 7.05 Å². The Balaban J connectivity index is 1.74. The number of benzene rings is 1. The van der Waals surface area contributed by atoms with Crippen LogP contribution in [-0.4, -0.2) is 36.5 Å². The van der Waals surface area contributed by atoms with Crippen molar-refractivity contribution in [2.75, 3.05) is 5.32 Å². The first-order valence-electron chi connectivity index (χ1n) is 7.90. The van der Waals surface area contributed by atoms with Gasteiger partial charge in [-0.1, -0.05) is 12.1 Å². The second-order valence-corrected chi connectivity index (χ2v) is 5.91. The first-order chi connectivity index (χ1) is 13.1. The minimum absolute atomic E-state index is 0.0614. The quantitative estimate of drug-likeness (QED) is 0.694. The van der Waals surface area contributed by atoms with Crippen molar-refractivity contribution in [3.63, 3.8) is 0 Å². The van der Waals surface area contributed by atoms with Crippen molar-refractivity contribution in [1.82, 2.24) is 19.6 Å². The van der Waals surface area contributed by atoms with E-state index in [9.17, 15) is 22.8 Å². The van der Waals surface area contributed by atoms with Crippen LogP contribution in [-0.2, 0) is 19.8 Å². The molecule has 0 fully saturated rings. The molecule has 2 aromatic heterocycles. The van der Waals surface area contributed by atoms with Crippen molar-refractivity contribution in [3.8, 4) is 0 Å². The van der Waals surface area contributed by atoms with Gasteiger partial charge in [-0.05, 0) is 17.7 Å². The molecule has 146 valence electrons. The molecule has 0 radical (unpaired) electrons. The van der Waals surface area contributed by atoms with Crippen LogP contribution in [0.15, 0.2) is 42.9 Å². The van der Waals surface area contributed by atoms with Crippen molar-refractivity contribution in [2.45, 2.75) is 12.7 Å². The summed E-state index contributed by atoms with van der Waals surface area (Å²) in [6.07, 6.45) is -0.643. The van der Waals surface area contributed by atoms with Gasteiger partial charge in [0, 0.05) is 13.2 Å². The number of carbonyl (C=O) groups is 2. The van der Waals surface area contributed by atoms with E-state index in [4.69, 9.17) is 5.11 Å². The number of carboxylic acids is 1. The Bertz CT molecular complexity index is 1040. The number of nitrogens with zero attached hydrogens (tertiary/aromatic N) is 4. The normalized spacial score (nSPS) is 11.4. The summed E-state index contributed by atoms with van der Waals surface area (Å²) in [5, 5.41) is 19.4. The van der Waals surface area contributed by atoms with Crippen LogP contribution in [0.4, 0.5) is 18.9 Å². The summed E-state index contributed by atoms with van der Waals surface area (Å²) in [4.78, 5) is 23.5. The van der Waals surface area contributed by atoms with Crippen LogP contribution in [0, 0.1) is 0 Å². The molecule has 2 N–H and O–H groups in total. The van der Waals surface area contributed by atoms with Crippen molar-refractivity contribution in [1.29, 1.82) is 0 Å². The van der Waals surface area contributed by atoms with Gasteiger partial charge in [0.05, 0.1) is 30.2 Å². The van der Waals surface area contributed by atoms with Gasteiger partial charge in [-0.3, -0.25) is 14.2 Å². The number of aromatic nitrogens is 4. The lowest BCUT2D eigenvalue weighted by Gasteiger charge is -2.08. The van der Waals surface area contributed by atoms with E-state index >= 15 is 0 Å². The number of carboxylic acid groups (broad SMARTS) is 1. The number of carbonyl (C=O) groups excluding carboxylic acids is 1. The molecule has 0 saturated heterocycles. The number of aromatic carboxylic acids is 1. The number of hydrogen-bond donors (Lipinski definition) is 2. The molecule has 0 saturated carbocycles. The number of halogens is 3. The molecule has 11 heteroatoms. The second-order valence-electron chi connectivity index (χ2n) is 5.91. The van der Waals surface area contributed by atoms with E-state index in [1.807, 2.05) is 0 Å². The lowest BCUT2D eigenvalue weighted by molar-refractivity contribution is -0.137. The molecule has 3 rings (SSSR count). The van der Waals surface area contributed by atoms with E-state index in [1.165, 1.54) is 36.3 Å². The Morgan fingerprint density at radius 1 is 1.21 bits per heavy atom. The van der Waals surface area contributed by atoms with E-state index in [2.05, 4.69) is 15.5 Å². The molecular weight excluding hydrogens is 379 g/mol. The standard InChI is InChI=1S/C17H14F3N5O3/c1-24-14(13(7-21-24)16(27)28)15(26)23-12-6-22-25(9-12)8-10-3-2-4-11(5-10)17(18,19)20/h2-7,9H,8H2,1H3,(H,23,26)(H,27,28). The summed E-state index contributed by atoms with van der Waals surface area (Å²) in [5.74, 6) is -1.99. The maximum atomic E-state index is 12.8. The fourth-order valence-corrected chi connectivity index (χ4v) is 2.60. The summed E-state index contributed by atoms with van der Waals surface area (Å²) in [5.41, 5.74) is -0.511. The van der Waals surface area contributed by atoms with Crippen LogP contribution in [0.2, 0.25) is 0 Å². The van der Waals surface area contributed by atoms with Gasteiger partial charge in [0.15, 0.2) is 0 Å². The van der Waals surface area contributed by atoms with E-state index in [1.54, 1.807) is 0 Å². The highest BCUT2D eigenvalue weighted by atomic mass is 19.4. The largest absolute Gasteiger partial charge is 0.478 e. The summed E-state index contributed by atoms with van der Waals surface area (Å²) in [7, 11) is 1.43. The van der Waals surface area contributed by atoms with Gasteiger partial charge in [0.2, 0.25) is 0 Å². The van der Waals surface area contributed by atoms with Gasteiger partial charge in [0.1, 0.15) is 11.3 Å². The summed E-state index contributed by atoms with van der Waals surface area (Å²) in [6.45, 7) is 0.0614. The lowest BCUT2D eigenvalue weighted by Crippen LogP contribution is -2.19. The number of aryl methyl sites for hydroxylation is 1. The Labute approximate surface area is 156 Å². The minimum Gasteiger partial charge on any atom is -0.478 e. The monoisotopic (exact) mass is 393 g/mol. The smallest absolute Gasteiger partial charge is 0.416 e. The van der Waals surface area contributed by atoms with Gasteiger partial charge in [-0.25, -0.2) is 4.79 Å². The van der Waals surface area contributed by atoms with Gasteiger partial charge < -0.3 is 10.4 Å². The molecule has 0 aliphatic rings. The summed E-state index contributed by atoms with van der Waals surface area (Å²) >= 11 is 0. The molecule has 0 atom stereocenters. The third kappa shape index (κ3) is 4.03. The van der Waals surface area contributed by atoms with Crippen molar-refractivity contribution in [3.05, 3.63) is 65.2 Å². The zero-order valence-corrected chi connectivity index (χ0v) is 14.4. The lowest BCUT2D eigenvalue weighted by atomic mass is 10.1. The number of rotatable bonds is 5. The Morgan fingerprint density at radius 3 is 2.64 bits per heavy atom. The van der Waals surface area contributed by atoms with Crippen molar-refractivity contribution < 1.29 is 27.9 Å². The maximum absolute atomic E-state index is 12.8. The van der Waals surface area contributed by atoms with E-state index in [0.717, 1.165) is 23.0 Å². The molecule has 0 aliphatic carbocycles. The SMILES string of the molecule is Cn1ncc(C(=O)O)c1C(=O)Nc1cnn(Cc2cccc(C(F)(F)F)c2)c1. The van der Waals surface area contributed by atoms with Crippen LogP contribution < -0.4 is 5.32 Å². The number of alkyl halides is 3. The van der Waals surface area contributed by atoms with Crippen LogP contribution in [0.25, 0.3) is 0 Å². The highest BCUT2D eigenvalue weighted by Crippen LogP contribution is 2.29. The van der Waals surface area contributed by atoms with Crippen LogP contribution in [0.1, 0.15) is 32.0 Å². The number of anilines is 1. The van der Waals surface area contributed by atoms with Gasteiger partial charge >= 0.3 is 12.1 Å². The number of nitrogens with one attached hydrogen (secondary N) is 1. The second kappa shape index (κ2) is 7.18. The van der Waals surface area contributed by atoms with E-state index < -0.39 is 23.6 Å². The van der Waals surface area contributed by atoms with Crippen LogP contribution in [0.5, 0.6) is 0 Å². The van der Waals surface area contributed by atoms with Gasteiger partial charge in [-0.2, -0.15) is 23.4 Å². The van der Waals surface area contributed by atoms with Gasteiger partial charge in [-0.15, -0.1) is 0 Å². The fraction of sp³-hybridized carbons (Fsp3) is 0.176. The first kappa shape index (κ1) is 19.1. The third-order valence-corrected chi connectivity index (χ3v) is 3.87. The Kier molecular flexibility index (Phi) is 4.91. The average molecular weight is 393 g/mol. The minimum atomic E-state index is -4.44. The molecule has 0 unspecified atom stereocenters. The summed E-state index contributed by atoms with van der Waals surface area (Å²) in [6, 6.07) is 4.84. The molecule has 28 heavy (non-hydrogen) atoms. The summed E-state index contributed by atoms with van der Waals surface area (Å²) < 4.78 is 40.9. The number of amides is 1. The molecule has 0 bridgehead atoms. The zero-order valence-electron chi connectivity index (χ0n) is 14.4. The Hall–Kier alpha value is -3.63. The Morgan fingerprint density at radius 2 is 1.96 bits per heavy atom. The van der Waals surface area contributed by atoms with Gasteiger partial charge in [0.25, 0.3) is 5.91 Å². The molecule has 8 nitrogen and oxygen atoms in total. The average Bonchev–Trinajstić information content (AvgIpc) is 3.20. The zero-order chi connectivity index (χ0) is 20.5. The van der Waals surface area contributed by atoms with Crippen molar-refractivity contribution >= 4 is 17.6 Å². The first-order valence-corrected chi connectivity index (χ1v) is 7.90. The molecular formula is C17H14F3N5O3. The maximum Gasteiger partial charge on any atom is 0.416 e. The molecule has 0 aliphatic heterocycles. The third-order valence-electron chi connectivity index (χ3n) is 3.87. The highest BCUT2D eigenvalue weighted by molar-refractivity contribution is 6.09. The molecule has 2 heterocycles. The predicted molar refractivity (Wildman–Crippen MR) is 90.9 cm³/mol. The fourth-order valence-electron chi connectivity index (χ4n) is 2.60. The van der Waals surface area contributed by atoms with Crippen LogP contribution in [0.3, 0.4) is 0 Å². The van der Waals surface area contributed by atoms with E-state index in [-0.39, 0.29) is 23.5 Å². The topological polar surface area (TPSA) is 102 Å². The predicted octanol–water partition coefficient (Wildman–Crippen LogP) is 2.63. The highest BCUT2D eigenvalue weighted by Gasteiger charge is 2.30. The molecule has 1 aromatic carbocycles. The van der Waals surface area contributed by atoms with E-state index in [0.29, 0.717) is 5.56 Å². The molecule has 1 amide bonds. The molecule has 0 spiro atoms. The van der Waals surface area contributed by atoms with Crippen LogP contribution >= 0.6 is 0 Å². The molecule has 3 aromatic rings. The number of hydrogen-bond acceptors (Lipinski definition) is 4.